The van der Waals surface area contributed by atoms with Crippen LogP contribution in [0.15, 0.2) is 39.8 Å². The molecular formula is C13H8N4O2S. The van der Waals surface area contributed by atoms with Crippen molar-refractivity contribution in [1.29, 1.82) is 0 Å². The summed E-state index contributed by atoms with van der Waals surface area (Å²) in [6.45, 7) is 0. The number of aromatic hydroxyl groups is 1. The van der Waals surface area contributed by atoms with Crippen LogP contribution in [0.4, 0.5) is 0 Å². The van der Waals surface area contributed by atoms with E-state index in [4.69, 9.17) is 0 Å². The molecule has 0 saturated carbocycles. The van der Waals surface area contributed by atoms with Gasteiger partial charge in [0.1, 0.15) is 5.75 Å². The van der Waals surface area contributed by atoms with Gasteiger partial charge in [-0.05, 0) is 12.1 Å². The van der Waals surface area contributed by atoms with E-state index in [0.29, 0.717) is 22.6 Å². The zero-order chi connectivity index (χ0) is 13.7. The van der Waals surface area contributed by atoms with E-state index in [9.17, 15) is 9.90 Å². The Morgan fingerprint density at radius 3 is 2.90 bits per heavy atom. The second kappa shape index (κ2) is 3.91. The number of aromatic nitrogens is 4. The third-order valence-electron chi connectivity index (χ3n) is 3.09. The van der Waals surface area contributed by atoms with Crippen molar-refractivity contribution in [2.45, 2.75) is 0 Å². The average Bonchev–Trinajstić information content (AvgIpc) is 3.05. The van der Waals surface area contributed by atoms with E-state index in [1.54, 1.807) is 10.8 Å². The first-order valence-electron chi connectivity index (χ1n) is 5.87. The molecule has 4 rings (SSSR count). The molecule has 0 aliphatic carbocycles. The Morgan fingerprint density at radius 2 is 2.10 bits per heavy atom. The Labute approximate surface area is 116 Å². The van der Waals surface area contributed by atoms with Gasteiger partial charge in [0, 0.05) is 16.1 Å². The minimum atomic E-state index is -0.354. The summed E-state index contributed by atoms with van der Waals surface area (Å²) >= 11 is 1.35. The van der Waals surface area contributed by atoms with Gasteiger partial charge in [-0.3, -0.25) is 0 Å². The minimum absolute atomic E-state index is 0.117. The van der Waals surface area contributed by atoms with E-state index in [-0.39, 0.29) is 11.4 Å². The third-order valence-corrected chi connectivity index (χ3v) is 3.82. The maximum absolute atomic E-state index is 12.0. The summed E-state index contributed by atoms with van der Waals surface area (Å²) in [7, 11) is 0. The smallest absolute Gasteiger partial charge is 0.348 e. The number of hydrogen-bond acceptors (Lipinski definition) is 5. The fourth-order valence-electron chi connectivity index (χ4n) is 2.16. The molecule has 3 heterocycles. The molecule has 20 heavy (non-hydrogen) atoms. The highest BCUT2D eigenvalue weighted by Crippen LogP contribution is 2.30. The maximum Gasteiger partial charge on any atom is 0.348 e. The van der Waals surface area contributed by atoms with E-state index in [0.717, 1.165) is 5.39 Å². The Hall–Kier alpha value is -2.67. The molecule has 3 aromatic heterocycles. The van der Waals surface area contributed by atoms with E-state index >= 15 is 0 Å². The van der Waals surface area contributed by atoms with Gasteiger partial charge in [0.25, 0.3) is 0 Å². The average molecular weight is 284 g/mol. The molecule has 7 heteroatoms. The summed E-state index contributed by atoms with van der Waals surface area (Å²) in [6.07, 6.45) is 0. The van der Waals surface area contributed by atoms with Crippen molar-refractivity contribution < 1.29 is 5.11 Å². The van der Waals surface area contributed by atoms with E-state index in [1.807, 2.05) is 24.3 Å². The molecule has 2 N–H and O–H groups in total. The standard InChI is InChI=1S/C13H8N4O2S/c18-10-6-20-5-8(10)11-15-12-7-3-1-2-4-9(7)14-13(19)17(12)16-11/h1-6,18H,(H,14,19). The fourth-order valence-corrected chi connectivity index (χ4v) is 2.84. The van der Waals surface area contributed by atoms with Crippen molar-refractivity contribution in [1.82, 2.24) is 19.6 Å². The van der Waals surface area contributed by atoms with Crippen LogP contribution >= 0.6 is 11.3 Å². The van der Waals surface area contributed by atoms with E-state index in [2.05, 4.69) is 15.1 Å². The van der Waals surface area contributed by atoms with Crippen LogP contribution in [0.25, 0.3) is 27.9 Å². The Balaban J connectivity index is 2.14. The molecule has 0 atom stereocenters. The number of aromatic amines is 1. The largest absolute Gasteiger partial charge is 0.506 e. The molecule has 0 radical (unpaired) electrons. The molecule has 1 aromatic carbocycles. The number of benzene rings is 1. The van der Waals surface area contributed by atoms with Gasteiger partial charge in [-0.15, -0.1) is 16.4 Å². The van der Waals surface area contributed by atoms with Crippen LogP contribution in [0.2, 0.25) is 0 Å². The molecule has 4 aromatic rings. The van der Waals surface area contributed by atoms with Crippen molar-refractivity contribution in [3.05, 3.63) is 45.5 Å². The molecule has 0 unspecified atom stereocenters. The summed E-state index contributed by atoms with van der Waals surface area (Å²) in [5.74, 6) is 0.456. The lowest BCUT2D eigenvalue weighted by atomic mass is 10.2. The Bertz CT molecular complexity index is 998. The summed E-state index contributed by atoms with van der Waals surface area (Å²) in [6, 6.07) is 7.40. The summed E-state index contributed by atoms with van der Waals surface area (Å²) in [5.41, 5.74) is 1.36. The van der Waals surface area contributed by atoms with Gasteiger partial charge in [0.15, 0.2) is 11.5 Å². The molecule has 0 bridgehead atoms. The number of para-hydroxylation sites is 1. The van der Waals surface area contributed by atoms with Crippen LogP contribution in [0, 0.1) is 0 Å². The molecule has 0 fully saturated rings. The van der Waals surface area contributed by atoms with Crippen molar-refractivity contribution >= 4 is 27.9 Å². The second-order valence-corrected chi connectivity index (χ2v) is 5.06. The van der Waals surface area contributed by atoms with E-state index in [1.165, 1.54) is 15.9 Å². The van der Waals surface area contributed by atoms with Crippen molar-refractivity contribution in [2.75, 3.05) is 0 Å². The highest BCUT2D eigenvalue weighted by atomic mass is 32.1. The zero-order valence-corrected chi connectivity index (χ0v) is 10.9. The molecule has 0 aliphatic heterocycles. The first-order chi connectivity index (χ1) is 9.74. The number of thiophene rings is 1. The highest BCUT2D eigenvalue weighted by Gasteiger charge is 2.14. The predicted molar refractivity (Wildman–Crippen MR) is 76.1 cm³/mol. The lowest BCUT2D eigenvalue weighted by molar-refractivity contribution is 0.479. The summed E-state index contributed by atoms with van der Waals surface area (Å²) < 4.78 is 1.22. The van der Waals surface area contributed by atoms with Crippen LogP contribution in [-0.4, -0.2) is 24.7 Å². The summed E-state index contributed by atoms with van der Waals surface area (Å²) in [4.78, 5) is 19.1. The fraction of sp³-hybridized carbons (Fsp3) is 0. The predicted octanol–water partition coefficient (Wildman–Crippen LogP) is 2.00. The number of rotatable bonds is 1. The van der Waals surface area contributed by atoms with Crippen molar-refractivity contribution in [3.63, 3.8) is 0 Å². The van der Waals surface area contributed by atoms with Gasteiger partial charge in [0.05, 0.1) is 11.1 Å². The van der Waals surface area contributed by atoms with Gasteiger partial charge in [-0.1, -0.05) is 12.1 Å². The Kier molecular flexibility index (Phi) is 2.19. The normalized spacial score (nSPS) is 11.4. The molecule has 0 amide bonds. The highest BCUT2D eigenvalue weighted by molar-refractivity contribution is 7.08. The number of H-pyrrole nitrogens is 1. The first kappa shape index (κ1) is 11.2. The molecule has 0 spiro atoms. The topological polar surface area (TPSA) is 83.3 Å². The SMILES string of the molecule is O=c1[nH]c2ccccc2c2nc(-c3cscc3O)nn12. The van der Waals surface area contributed by atoms with Crippen molar-refractivity contribution in [2.24, 2.45) is 0 Å². The number of nitrogens with one attached hydrogen (secondary N) is 1. The minimum Gasteiger partial charge on any atom is -0.506 e. The molecule has 0 aliphatic rings. The molecule has 98 valence electrons. The molecule has 0 saturated heterocycles. The monoisotopic (exact) mass is 284 g/mol. The number of hydrogen-bond donors (Lipinski definition) is 2. The zero-order valence-electron chi connectivity index (χ0n) is 10.1. The van der Waals surface area contributed by atoms with Gasteiger partial charge >= 0.3 is 5.69 Å². The summed E-state index contributed by atoms with van der Waals surface area (Å²) in [5, 5.41) is 18.1. The van der Waals surface area contributed by atoms with Gasteiger partial charge in [0.2, 0.25) is 0 Å². The van der Waals surface area contributed by atoms with Crippen LogP contribution in [0.1, 0.15) is 0 Å². The first-order valence-corrected chi connectivity index (χ1v) is 6.81. The van der Waals surface area contributed by atoms with Crippen LogP contribution in [-0.2, 0) is 0 Å². The lowest BCUT2D eigenvalue weighted by Gasteiger charge is -1.97. The van der Waals surface area contributed by atoms with E-state index < -0.39 is 0 Å². The maximum atomic E-state index is 12.0. The van der Waals surface area contributed by atoms with Gasteiger partial charge < -0.3 is 10.1 Å². The van der Waals surface area contributed by atoms with Crippen molar-refractivity contribution in [3.8, 4) is 17.1 Å². The number of fused-ring (bicyclic) bond motifs is 3. The van der Waals surface area contributed by atoms with Gasteiger partial charge in [-0.2, -0.15) is 4.52 Å². The Morgan fingerprint density at radius 1 is 1.25 bits per heavy atom. The third kappa shape index (κ3) is 1.47. The van der Waals surface area contributed by atoms with Crippen LogP contribution < -0.4 is 5.69 Å². The van der Waals surface area contributed by atoms with Crippen LogP contribution in [0.3, 0.4) is 0 Å². The second-order valence-electron chi connectivity index (χ2n) is 4.32. The van der Waals surface area contributed by atoms with Crippen LogP contribution in [0.5, 0.6) is 5.75 Å². The lowest BCUT2D eigenvalue weighted by Crippen LogP contribution is -2.17. The van der Waals surface area contributed by atoms with Gasteiger partial charge in [-0.25, -0.2) is 9.78 Å². The quantitative estimate of drug-likeness (QED) is 0.560. The molecular weight excluding hydrogens is 276 g/mol. The molecule has 6 nitrogen and oxygen atoms in total. The number of nitrogens with zero attached hydrogens (tertiary/aromatic N) is 3.